The Morgan fingerprint density at radius 1 is 0.931 bits per heavy atom. The highest BCUT2D eigenvalue weighted by Crippen LogP contribution is 2.45. The molecule has 2 rings (SSSR count). The zero-order valence-corrected chi connectivity index (χ0v) is 21.0. The summed E-state index contributed by atoms with van der Waals surface area (Å²) in [4.78, 5) is 2.58. The van der Waals surface area contributed by atoms with E-state index >= 15 is 0 Å². The standard InChI is InChI=1S/C26H36OSSi/c1-10-15-22-19(3)25(28-21-17-13-12-14-18-21)20(4)23(16-11-2)24(22)27-29(8,9)26(5,6)7/h10-14,17-18H,1-2,15-16H2,3-9H3. The second kappa shape index (κ2) is 9.40. The summed E-state index contributed by atoms with van der Waals surface area (Å²) < 4.78 is 6.93. The molecule has 0 spiro atoms. The van der Waals surface area contributed by atoms with Gasteiger partial charge in [0.25, 0.3) is 8.32 Å². The molecule has 2 aromatic rings. The maximum Gasteiger partial charge on any atom is 0.250 e. The highest BCUT2D eigenvalue weighted by atomic mass is 32.2. The van der Waals surface area contributed by atoms with Crippen molar-refractivity contribution in [3.8, 4) is 5.75 Å². The van der Waals surface area contributed by atoms with Gasteiger partial charge in [-0.05, 0) is 68.1 Å². The fraction of sp³-hybridized carbons (Fsp3) is 0.385. The molecule has 0 unspecified atom stereocenters. The van der Waals surface area contributed by atoms with Crippen LogP contribution in [0.5, 0.6) is 5.75 Å². The Kier molecular flexibility index (Phi) is 7.64. The molecule has 0 bridgehead atoms. The predicted octanol–water partition coefficient (Wildman–Crippen LogP) is 8.30. The van der Waals surface area contributed by atoms with E-state index in [0.29, 0.717) is 0 Å². The van der Waals surface area contributed by atoms with Gasteiger partial charge in [0.1, 0.15) is 5.75 Å². The first-order valence-corrected chi connectivity index (χ1v) is 14.0. The van der Waals surface area contributed by atoms with Crippen LogP contribution in [0.1, 0.15) is 43.0 Å². The number of allylic oxidation sites excluding steroid dienone is 2. The number of benzene rings is 2. The minimum absolute atomic E-state index is 0.142. The molecule has 0 atom stereocenters. The first-order valence-electron chi connectivity index (χ1n) is 10.3. The Labute approximate surface area is 183 Å². The highest BCUT2D eigenvalue weighted by molar-refractivity contribution is 7.99. The van der Waals surface area contributed by atoms with Crippen LogP contribution in [0.2, 0.25) is 18.1 Å². The third-order valence-corrected chi connectivity index (χ3v) is 11.6. The van der Waals surface area contributed by atoms with Gasteiger partial charge in [-0.1, -0.05) is 62.9 Å². The molecule has 0 N–H and O–H groups in total. The van der Waals surface area contributed by atoms with E-state index in [1.807, 2.05) is 23.9 Å². The van der Waals surface area contributed by atoms with Crippen LogP contribution in [-0.4, -0.2) is 8.32 Å². The molecule has 29 heavy (non-hydrogen) atoms. The maximum atomic E-state index is 6.93. The summed E-state index contributed by atoms with van der Waals surface area (Å²) in [5.41, 5.74) is 5.15. The molecule has 2 aromatic carbocycles. The van der Waals surface area contributed by atoms with Gasteiger partial charge in [-0.25, -0.2) is 0 Å². The molecule has 0 aliphatic carbocycles. The molecule has 156 valence electrons. The SMILES string of the molecule is C=CCc1c(C)c(Sc2ccccc2)c(C)c(CC=C)c1O[Si](C)(C)C(C)(C)C. The molecule has 1 nitrogen and oxygen atoms in total. The number of rotatable bonds is 8. The molecule has 0 amide bonds. The topological polar surface area (TPSA) is 9.23 Å². The quantitative estimate of drug-likeness (QED) is 0.311. The van der Waals surface area contributed by atoms with Crippen molar-refractivity contribution in [3.05, 3.63) is 77.9 Å². The summed E-state index contributed by atoms with van der Waals surface area (Å²) in [6.45, 7) is 24.0. The first kappa shape index (κ1) is 23.6. The molecular weight excluding hydrogens is 388 g/mol. The van der Waals surface area contributed by atoms with Crippen LogP contribution >= 0.6 is 11.8 Å². The lowest BCUT2D eigenvalue weighted by Crippen LogP contribution is -2.44. The smallest absolute Gasteiger partial charge is 0.250 e. The summed E-state index contributed by atoms with van der Waals surface area (Å²) in [6.07, 6.45) is 5.60. The van der Waals surface area contributed by atoms with E-state index in [0.717, 1.165) is 18.6 Å². The average Bonchev–Trinajstić information content (AvgIpc) is 2.65. The number of hydrogen-bond donors (Lipinski definition) is 0. The molecule has 0 aromatic heterocycles. The van der Waals surface area contributed by atoms with E-state index in [2.05, 4.69) is 91.2 Å². The Hall–Kier alpha value is -1.71. The van der Waals surface area contributed by atoms with Crippen LogP contribution in [0.15, 0.2) is 65.4 Å². The van der Waals surface area contributed by atoms with Crippen LogP contribution < -0.4 is 4.43 Å². The fourth-order valence-electron chi connectivity index (χ4n) is 3.15. The van der Waals surface area contributed by atoms with Gasteiger partial charge in [0, 0.05) is 20.9 Å². The zero-order valence-electron chi connectivity index (χ0n) is 19.2. The molecule has 0 radical (unpaired) electrons. The van der Waals surface area contributed by atoms with Gasteiger partial charge in [-0.15, -0.1) is 13.2 Å². The van der Waals surface area contributed by atoms with E-state index in [4.69, 9.17) is 4.43 Å². The van der Waals surface area contributed by atoms with Gasteiger partial charge in [-0.2, -0.15) is 0 Å². The van der Waals surface area contributed by atoms with E-state index in [1.165, 1.54) is 32.0 Å². The summed E-state index contributed by atoms with van der Waals surface area (Å²) in [5.74, 6) is 1.07. The Morgan fingerprint density at radius 3 is 1.83 bits per heavy atom. The Bertz CT molecular complexity index is 839. The van der Waals surface area contributed by atoms with Crippen LogP contribution in [-0.2, 0) is 12.8 Å². The summed E-state index contributed by atoms with van der Waals surface area (Å²) in [6, 6.07) is 10.6. The summed E-state index contributed by atoms with van der Waals surface area (Å²) in [5, 5.41) is 0.142. The molecule has 0 saturated carbocycles. The van der Waals surface area contributed by atoms with E-state index in [9.17, 15) is 0 Å². The molecule has 0 aliphatic rings. The minimum atomic E-state index is -1.98. The van der Waals surface area contributed by atoms with Crippen molar-refractivity contribution in [3.63, 3.8) is 0 Å². The van der Waals surface area contributed by atoms with Crippen LogP contribution in [0.4, 0.5) is 0 Å². The monoisotopic (exact) mass is 424 g/mol. The lowest BCUT2D eigenvalue weighted by Gasteiger charge is -2.38. The Morgan fingerprint density at radius 2 is 1.41 bits per heavy atom. The van der Waals surface area contributed by atoms with Gasteiger partial charge >= 0.3 is 0 Å². The molecular formula is C26H36OSSi. The van der Waals surface area contributed by atoms with Gasteiger partial charge in [0.15, 0.2) is 0 Å². The van der Waals surface area contributed by atoms with Gasteiger partial charge in [-0.3, -0.25) is 0 Å². The third-order valence-electron chi connectivity index (χ3n) is 5.96. The largest absolute Gasteiger partial charge is 0.543 e. The van der Waals surface area contributed by atoms with E-state index < -0.39 is 8.32 Å². The van der Waals surface area contributed by atoms with Gasteiger partial charge in [0.2, 0.25) is 0 Å². The minimum Gasteiger partial charge on any atom is -0.543 e. The van der Waals surface area contributed by atoms with Crippen molar-refractivity contribution in [1.29, 1.82) is 0 Å². The van der Waals surface area contributed by atoms with Crippen molar-refractivity contribution in [1.82, 2.24) is 0 Å². The van der Waals surface area contributed by atoms with Gasteiger partial charge < -0.3 is 4.43 Å². The van der Waals surface area contributed by atoms with Gasteiger partial charge in [0.05, 0.1) is 0 Å². The van der Waals surface area contributed by atoms with Crippen LogP contribution in [0.25, 0.3) is 0 Å². The maximum absolute atomic E-state index is 6.93. The summed E-state index contributed by atoms with van der Waals surface area (Å²) in [7, 11) is -1.98. The number of hydrogen-bond acceptors (Lipinski definition) is 2. The van der Waals surface area contributed by atoms with Crippen molar-refractivity contribution in [2.24, 2.45) is 0 Å². The Balaban J connectivity index is 2.72. The second-order valence-electron chi connectivity index (χ2n) is 9.13. The van der Waals surface area contributed by atoms with Crippen molar-refractivity contribution in [2.45, 2.75) is 75.4 Å². The third kappa shape index (κ3) is 5.26. The lowest BCUT2D eigenvalue weighted by atomic mass is 9.94. The molecule has 0 aliphatic heterocycles. The van der Waals surface area contributed by atoms with E-state index in [1.54, 1.807) is 0 Å². The second-order valence-corrected chi connectivity index (χ2v) is 14.9. The van der Waals surface area contributed by atoms with E-state index in [-0.39, 0.29) is 5.04 Å². The normalized spacial score (nSPS) is 12.0. The first-order chi connectivity index (χ1) is 13.5. The lowest BCUT2D eigenvalue weighted by molar-refractivity contribution is 0.482. The molecule has 0 heterocycles. The van der Waals surface area contributed by atoms with Crippen LogP contribution in [0, 0.1) is 13.8 Å². The molecule has 3 heteroatoms. The van der Waals surface area contributed by atoms with Crippen molar-refractivity contribution in [2.75, 3.05) is 0 Å². The molecule has 0 saturated heterocycles. The van der Waals surface area contributed by atoms with Crippen molar-refractivity contribution >= 4 is 20.1 Å². The molecule has 0 fully saturated rings. The zero-order chi connectivity index (χ0) is 21.8. The predicted molar refractivity (Wildman–Crippen MR) is 132 cm³/mol. The fourth-order valence-corrected chi connectivity index (χ4v) is 5.29. The van der Waals surface area contributed by atoms with Crippen molar-refractivity contribution < 1.29 is 4.43 Å². The van der Waals surface area contributed by atoms with Crippen LogP contribution in [0.3, 0.4) is 0 Å². The summed E-state index contributed by atoms with van der Waals surface area (Å²) >= 11 is 1.84. The average molecular weight is 425 g/mol. The highest BCUT2D eigenvalue weighted by Gasteiger charge is 2.40.